The molecule has 1 heterocycles. The number of ketones is 1. The van der Waals surface area contributed by atoms with Gasteiger partial charge in [-0.25, -0.2) is 0 Å². The van der Waals surface area contributed by atoms with Crippen LogP contribution in [-0.2, 0) is 0 Å². The van der Waals surface area contributed by atoms with E-state index in [9.17, 15) is 9.90 Å². The van der Waals surface area contributed by atoms with Crippen LogP contribution in [-0.4, -0.2) is 17.1 Å². The fourth-order valence-corrected chi connectivity index (χ4v) is 3.03. The van der Waals surface area contributed by atoms with Crippen molar-refractivity contribution < 1.29 is 14.3 Å². The topological polar surface area (TPSA) is 50.4 Å². The molecule has 2 aromatic carbocycles. The molecule has 0 spiro atoms. The molecule has 0 unspecified atom stereocenters. The molecule has 0 saturated carbocycles. The first-order valence-corrected chi connectivity index (χ1v) is 8.80. The second-order valence-corrected chi connectivity index (χ2v) is 6.59. The first kappa shape index (κ1) is 16.4. The highest BCUT2D eigenvalue weighted by molar-refractivity contribution is 7.98. The van der Waals surface area contributed by atoms with Crippen molar-refractivity contribution in [3.8, 4) is 5.75 Å². The molecule has 24 heavy (non-hydrogen) atoms. The zero-order valence-corrected chi connectivity index (χ0v) is 14.6. The number of rotatable bonds is 4. The summed E-state index contributed by atoms with van der Waals surface area (Å²) in [6.07, 6.45) is 5.24. The maximum absolute atomic E-state index is 12.3. The summed E-state index contributed by atoms with van der Waals surface area (Å²) in [7, 11) is 0. The predicted molar refractivity (Wildman–Crippen MR) is 98.9 cm³/mol. The molecule has 122 valence electrons. The van der Waals surface area contributed by atoms with Crippen LogP contribution in [0.1, 0.15) is 27.2 Å². The summed E-state index contributed by atoms with van der Waals surface area (Å²) in [4.78, 5) is 13.4. The average Bonchev–Trinajstić information content (AvgIpc) is 3.00. The van der Waals surface area contributed by atoms with Crippen LogP contribution in [0.5, 0.6) is 5.75 Å². The van der Waals surface area contributed by atoms with E-state index in [4.69, 9.17) is 4.42 Å². The molecular formula is C20H18O3S. The number of phenols is 1. The number of carbonyl (C=O) groups excluding carboxylic acids is 1. The van der Waals surface area contributed by atoms with Crippen LogP contribution in [0.4, 0.5) is 0 Å². The van der Waals surface area contributed by atoms with Crippen LogP contribution in [0, 0.1) is 13.8 Å². The summed E-state index contributed by atoms with van der Waals surface area (Å²) in [5, 5.41) is 10.7. The molecule has 4 heteroatoms. The molecule has 3 rings (SSSR count). The van der Waals surface area contributed by atoms with Crippen LogP contribution in [0.25, 0.3) is 17.0 Å². The zero-order valence-electron chi connectivity index (χ0n) is 13.8. The van der Waals surface area contributed by atoms with E-state index in [1.807, 2.05) is 50.4 Å². The molecule has 3 nitrogen and oxygen atoms in total. The number of thioether (sulfide) groups is 1. The Bertz CT molecular complexity index is 928. The minimum Gasteiger partial charge on any atom is -0.507 e. The number of hydrogen-bond acceptors (Lipinski definition) is 4. The normalized spacial score (nSPS) is 11.5. The second kappa shape index (κ2) is 6.57. The highest BCUT2D eigenvalue weighted by Crippen LogP contribution is 2.26. The number of fused-ring (bicyclic) bond motifs is 1. The Hall–Kier alpha value is -2.46. The number of hydrogen-bond donors (Lipinski definition) is 1. The SMILES string of the molecule is CSc1ccc2cc(C(=O)/C=C/c3cc(C)c(O)c(C)c3)oc2c1. The standard InChI is InChI=1S/C20H18O3S/c1-12-8-14(9-13(2)20(12)22)4-7-17(21)19-10-15-5-6-16(24-3)11-18(15)23-19/h4-11,22H,1-3H3/b7-4+. The van der Waals surface area contributed by atoms with Crippen LogP contribution >= 0.6 is 11.8 Å². The molecule has 0 fully saturated rings. The molecule has 0 radical (unpaired) electrons. The van der Waals surface area contributed by atoms with Crippen LogP contribution < -0.4 is 0 Å². The molecule has 3 aromatic rings. The van der Waals surface area contributed by atoms with Gasteiger partial charge in [0.2, 0.25) is 5.78 Å². The van der Waals surface area contributed by atoms with Crippen molar-refractivity contribution in [1.82, 2.24) is 0 Å². The monoisotopic (exact) mass is 338 g/mol. The maximum Gasteiger partial charge on any atom is 0.221 e. The van der Waals surface area contributed by atoms with E-state index >= 15 is 0 Å². The Labute approximate surface area is 145 Å². The molecule has 1 aromatic heterocycles. The van der Waals surface area contributed by atoms with Gasteiger partial charge in [0, 0.05) is 10.3 Å². The van der Waals surface area contributed by atoms with Crippen molar-refractivity contribution in [3.05, 3.63) is 64.9 Å². The number of carbonyl (C=O) groups is 1. The first-order chi connectivity index (χ1) is 11.5. The Morgan fingerprint density at radius 1 is 1.12 bits per heavy atom. The Morgan fingerprint density at radius 3 is 2.50 bits per heavy atom. The van der Waals surface area contributed by atoms with Crippen LogP contribution in [0.2, 0.25) is 0 Å². The zero-order chi connectivity index (χ0) is 17.3. The van der Waals surface area contributed by atoms with Gasteiger partial charge in [-0.15, -0.1) is 11.8 Å². The van der Waals surface area contributed by atoms with Gasteiger partial charge in [0.1, 0.15) is 11.3 Å². The molecule has 0 saturated heterocycles. The summed E-state index contributed by atoms with van der Waals surface area (Å²) in [5.41, 5.74) is 3.16. The third-order valence-corrected chi connectivity index (χ3v) is 4.64. The van der Waals surface area contributed by atoms with Crippen molar-refractivity contribution in [2.75, 3.05) is 6.26 Å². The predicted octanol–water partition coefficient (Wildman–Crippen LogP) is 5.37. The van der Waals surface area contributed by atoms with E-state index < -0.39 is 0 Å². The molecule has 0 amide bonds. The number of benzene rings is 2. The largest absolute Gasteiger partial charge is 0.507 e. The number of furan rings is 1. The average molecular weight is 338 g/mol. The summed E-state index contributed by atoms with van der Waals surface area (Å²) >= 11 is 1.63. The molecule has 0 aliphatic heterocycles. The lowest BCUT2D eigenvalue weighted by atomic mass is 10.0. The Balaban J connectivity index is 1.86. The third kappa shape index (κ3) is 3.24. The fourth-order valence-electron chi connectivity index (χ4n) is 2.60. The molecular weight excluding hydrogens is 320 g/mol. The summed E-state index contributed by atoms with van der Waals surface area (Å²) < 4.78 is 5.67. The van der Waals surface area contributed by atoms with E-state index in [2.05, 4.69) is 0 Å². The van der Waals surface area contributed by atoms with Crippen molar-refractivity contribution in [1.29, 1.82) is 0 Å². The number of phenolic OH excluding ortho intramolecular Hbond substituents is 1. The first-order valence-electron chi connectivity index (χ1n) is 7.58. The second-order valence-electron chi connectivity index (χ2n) is 5.72. The van der Waals surface area contributed by atoms with Crippen molar-refractivity contribution in [2.45, 2.75) is 18.7 Å². The smallest absolute Gasteiger partial charge is 0.221 e. The lowest BCUT2D eigenvalue weighted by Crippen LogP contribution is -1.91. The molecule has 0 aliphatic carbocycles. The van der Waals surface area contributed by atoms with Gasteiger partial charge in [-0.3, -0.25) is 4.79 Å². The third-order valence-electron chi connectivity index (χ3n) is 3.91. The number of allylic oxidation sites excluding steroid dienone is 1. The summed E-state index contributed by atoms with van der Waals surface area (Å²) in [6.45, 7) is 3.67. The van der Waals surface area contributed by atoms with Crippen molar-refractivity contribution >= 4 is 34.6 Å². The number of aromatic hydroxyl groups is 1. The molecule has 0 aliphatic rings. The molecule has 0 atom stereocenters. The minimum absolute atomic E-state index is 0.180. The molecule has 0 bridgehead atoms. The van der Waals surface area contributed by atoms with E-state index in [1.54, 1.807) is 23.9 Å². The van der Waals surface area contributed by atoms with Gasteiger partial charge in [-0.05, 0) is 79.3 Å². The van der Waals surface area contributed by atoms with Gasteiger partial charge < -0.3 is 9.52 Å². The lowest BCUT2D eigenvalue weighted by Gasteiger charge is -2.04. The van der Waals surface area contributed by atoms with Gasteiger partial charge >= 0.3 is 0 Å². The highest BCUT2D eigenvalue weighted by atomic mass is 32.2. The Morgan fingerprint density at radius 2 is 1.83 bits per heavy atom. The van der Waals surface area contributed by atoms with Crippen LogP contribution in [0.3, 0.4) is 0 Å². The van der Waals surface area contributed by atoms with Gasteiger partial charge in [-0.1, -0.05) is 6.08 Å². The van der Waals surface area contributed by atoms with Gasteiger partial charge in [-0.2, -0.15) is 0 Å². The van der Waals surface area contributed by atoms with Crippen LogP contribution in [0.15, 0.2) is 51.8 Å². The Kier molecular flexibility index (Phi) is 4.49. The highest BCUT2D eigenvalue weighted by Gasteiger charge is 2.10. The van der Waals surface area contributed by atoms with Crippen molar-refractivity contribution in [3.63, 3.8) is 0 Å². The number of aryl methyl sites for hydroxylation is 2. The van der Waals surface area contributed by atoms with Gasteiger partial charge in [0.15, 0.2) is 5.76 Å². The van der Waals surface area contributed by atoms with Gasteiger partial charge in [0.05, 0.1) is 0 Å². The van der Waals surface area contributed by atoms with Crippen molar-refractivity contribution in [2.24, 2.45) is 0 Å². The van der Waals surface area contributed by atoms with Gasteiger partial charge in [0.25, 0.3) is 0 Å². The molecule has 1 N–H and O–H groups in total. The lowest BCUT2D eigenvalue weighted by molar-refractivity contribution is 0.102. The maximum atomic E-state index is 12.3. The van der Waals surface area contributed by atoms with E-state index in [0.29, 0.717) is 11.5 Å². The van der Waals surface area contributed by atoms with E-state index in [-0.39, 0.29) is 5.78 Å². The summed E-state index contributed by atoms with van der Waals surface area (Å²) in [6, 6.07) is 11.4. The minimum atomic E-state index is -0.180. The van der Waals surface area contributed by atoms with E-state index in [0.717, 1.165) is 32.6 Å². The summed E-state index contributed by atoms with van der Waals surface area (Å²) in [5.74, 6) is 0.437. The van der Waals surface area contributed by atoms with E-state index in [1.165, 1.54) is 6.08 Å². The fraction of sp³-hybridized carbons (Fsp3) is 0.150. The quantitative estimate of drug-likeness (QED) is 0.394.